The van der Waals surface area contributed by atoms with Crippen molar-refractivity contribution in [1.29, 1.82) is 0 Å². The summed E-state index contributed by atoms with van der Waals surface area (Å²) in [7, 11) is 0. The quantitative estimate of drug-likeness (QED) is 0.0362. The van der Waals surface area contributed by atoms with Gasteiger partial charge in [-0.15, -0.1) is 0 Å². The van der Waals surface area contributed by atoms with Crippen LogP contribution in [0.15, 0.2) is 12.2 Å². The Kier molecular flexibility index (Phi) is 51.9. The molecule has 0 fully saturated rings. The van der Waals surface area contributed by atoms with E-state index < -0.39 is 24.2 Å². The van der Waals surface area contributed by atoms with E-state index in [-0.39, 0.29) is 6.61 Å². The Bertz CT molecular complexity index is 879. The molecular weight excluding hydrogens is 763 g/mol. The van der Waals surface area contributed by atoms with E-state index >= 15 is 0 Å². The van der Waals surface area contributed by atoms with E-state index in [0.717, 1.165) is 32.1 Å². The predicted molar refractivity (Wildman–Crippen MR) is 273 cm³/mol. The van der Waals surface area contributed by atoms with E-state index in [0.29, 0.717) is 6.42 Å². The average molecular weight is 877 g/mol. The normalized spacial score (nSPS) is 13.3. The van der Waals surface area contributed by atoms with Gasteiger partial charge < -0.3 is 20.6 Å². The zero-order valence-corrected chi connectivity index (χ0v) is 42.3. The number of allylic oxidation sites excluding steroid dienone is 1. The van der Waals surface area contributed by atoms with Gasteiger partial charge in [-0.3, -0.25) is 4.79 Å². The van der Waals surface area contributed by atoms with E-state index in [1.807, 2.05) is 6.08 Å². The maximum absolute atomic E-state index is 12.6. The van der Waals surface area contributed by atoms with Crippen LogP contribution in [-0.4, -0.2) is 46.1 Å². The summed E-state index contributed by atoms with van der Waals surface area (Å²) in [6.45, 7) is 4.23. The monoisotopic (exact) mass is 876 g/mol. The van der Waals surface area contributed by atoms with Crippen LogP contribution in [0.2, 0.25) is 0 Å². The maximum Gasteiger partial charge on any atom is 0.249 e. The van der Waals surface area contributed by atoms with Crippen molar-refractivity contribution in [3.8, 4) is 0 Å². The van der Waals surface area contributed by atoms with Crippen molar-refractivity contribution in [2.45, 2.75) is 340 Å². The van der Waals surface area contributed by atoms with Gasteiger partial charge in [-0.25, -0.2) is 0 Å². The molecule has 0 aliphatic carbocycles. The third-order valence-corrected chi connectivity index (χ3v) is 13.6. The fourth-order valence-electron chi connectivity index (χ4n) is 9.19. The number of rotatable bonds is 53. The average Bonchev–Trinajstić information content (AvgIpc) is 3.28. The fraction of sp³-hybridized carbons (Fsp3) is 0.947. The van der Waals surface area contributed by atoms with Crippen molar-refractivity contribution in [3.63, 3.8) is 0 Å². The molecular formula is C57H113NO4. The molecule has 370 valence electrons. The summed E-state index contributed by atoms with van der Waals surface area (Å²) in [4.78, 5) is 12.6. The number of carbonyl (C=O) groups excluding carboxylic acids is 1. The van der Waals surface area contributed by atoms with Gasteiger partial charge in [0.25, 0.3) is 0 Å². The molecule has 0 spiro atoms. The summed E-state index contributed by atoms with van der Waals surface area (Å²) in [6.07, 6.45) is 65.8. The largest absolute Gasteiger partial charge is 0.394 e. The van der Waals surface area contributed by atoms with Crippen LogP contribution in [0.1, 0.15) is 322 Å². The molecule has 1 amide bonds. The van der Waals surface area contributed by atoms with Crippen LogP contribution >= 0.6 is 0 Å². The molecule has 0 radical (unpaired) electrons. The minimum Gasteiger partial charge on any atom is -0.394 e. The van der Waals surface area contributed by atoms with Crippen LogP contribution in [0.3, 0.4) is 0 Å². The number of hydrogen-bond acceptors (Lipinski definition) is 4. The lowest BCUT2D eigenvalue weighted by Crippen LogP contribution is -2.48. The van der Waals surface area contributed by atoms with E-state index in [1.165, 1.54) is 270 Å². The number of aliphatic hydroxyl groups is 3. The van der Waals surface area contributed by atoms with Gasteiger partial charge >= 0.3 is 0 Å². The van der Waals surface area contributed by atoms with E-state index in [1.54, 1.807) is 6.08 Å². The SMILES string of the molecule is CCCCCCCCCCCCCCCCCCCCC/C=C/C(O)C(CO)NC(=O)C(O)CCCCCCCCCCCCCCCCCCCCCCCCCCCCC. The third kappa shape index (κ3) is 47.1. The lowest BCUT2D eigenvalue weighted by Gasteiger charge is -2.21. The van der Waals surface area contributed by atoms with Crippen LogP contribution in [0, 0.1) is 0 Å². The molecule has 0 aromatic carbocycles. The molecule has 3 unspecified atom stereocenters. The first-order valence-corrected chi connectivity index (χ1v) is 28.5. The molecule has 0 aromatic rings. The second kappa shape index (κ2) is 52.7. The molecule has 0 bridgehead atoms. The lowest BCUT2D eigenvalue weighted by atomic mass is 10.0. The minimum absolute atomic E-state index is 0.358. The maximum atomic E-state index is 12.6. The topological polar surface area (TPSA) is 89.8 Å². The molecule has 0 saturated carbocycles. The zero-order valence-electron chi connectivity index (χ0n) is 42.3. The standard InChI is InChI=1S/C57H113NO4/c1-3-5-7-9-11-13-15-17-19-21-23-25-26-27-28-29-30-32-34-36-38-40-42-44-46-48-50-52-56(61)57(62)58-54(53-59)55(60)51-49-47-45-43-41-39-37-35-33-31-24-22-20-18-16-14-12-10-8-6-4-2/h49,51,54-56,59-61H,3-48,50,52-53H2,1-2H3,(H,58,62)/b51-49+. The molecule has 5 heteroatoms. The molecule has 0 aliphatic rings. The van der Waals surface area contributed by atoms with Gasteiger partial charge in [0.2, 0.25) is 5.91 Å². The number of aliphatic hydroxyl groups excluding tert-OH is 3. The summed E-state index contributed by atoms with van der Waals surface area (Å²) in [5.74, 6) is -0.495. The first-order chi connectivity index (χ1) is 30.6. The van der Waals surface area contributed by atoms with Crippen molar-refractivity contribution in [1.82, 2.24) is 5.32 Å². The van der Waals surface area contributed by atoms with Crippen LogP contribution in [0.4, 0.5) is 0 Å². The third-order valence-electron chi connectivity index (χ3n) is 13.6. The van der Waals surface area contributed by atoms with Crippen molar-refractivity contribution in [2.75, 3.05) is 6.61 Å². The first kappa shape index (κ1) is 61.1. The second-order valence-electron chi connectivity index (χ2n) is 19.9. The zero-order chi connectivity index (χ0) is 45.1. The van der Waals surface area contributed by atoms with Crippen LogP contribution in [0.25, 0.3) is 0 Å². The number of hydrogen-bond donors (Lipinski definition) is 4. The number of nitrogens with one attached hydrogen (secondary N) is 1. The number of unbranched alkanes of at least 4 members (excludes halogenated alkanes) is 45. The molecule has 0 aliphatic heterocycles. The van der Waals surface area contributed by atoms with Gasteiger partial charge in [0.15, 0.2) is 0 Å². The Morgan fingerprint density at radius 2 is 0.629 bits per heavy atom. The summed E-state index contributed by atoms with van der Waals surface area (Å²) in [5, 5.41) is 33.4. The lowest BCUT2D eigenvalue weighted by molar-refractivity contribution is -0.131. The molecule has 0 saturated heterocycles. The van der Waals surface area contributed by atoms with Crippen molar-refractivity contribution < 1.29 is 20.1 Å². The summed E-state index contributed by atoms with van der Waals surface area (Å²) >= 11 is 0. The van der Waals surface area contributed by atoms with Gasteiger partial charge in [0, 0.05) is 0 Å². The molecule has 0 aromatic heterocycles. The van der Waals surface area contributed by atoms with Gasteiger partial charge in [-0.2, -0.15) is 0 Å². The Morgan fingerprint density at radius 3 is 0.887 bits per heavy atom. The van der Waals surface area contributed by atoms with Crippen molar-refractivity contribution >= 4 is 5.91 Å². The highest BCUT2D eigenvalue weighted by Crippen LogP contribution is 2.18. The molecule has 0 heterocycles. The molecule has 62 heavy (non-hydrogen) atoms. The Hall–Kier alpha value is -0.910. The minimum atomic E-state index is -1.09. The number of carbonyl (C=O) groups is 1. The Morgan fingerprint density at radius 1 is 0.387 bits per heavy atom. The predicted octanol–water partition coefficient (Wildman–Crippen LogP) is 17.5. The van der Waals surface area contributed by atoms with Gasteiger partial charge in [-0.05, 0) is 19.3 Å². The highest BCUT2D eigenvalue weighted by atomic mass is 16.3. The molecule has 4 N–H and O–H groups in total. The second-order valence-corrected chi connectivity index (χ2v) is 19.9. The molecule has 0 rings (SSSR count). The van der Waals surface area contributed by atoms with Gasteiger partial charge in [0.1, 0.15) is 6.10 Å². The highest BCUT2D eigenvalue weighted by Gasteiger charge is 2.22. The van der Waals surface area contributed by atoms with E-state index in [2.05, 4.69) is 19.2 Å². The number of amides is 1. The summed E-state index contributed by atoms with van der Waals surface area (Å²) in [5.41, 5.74) is 0. The fourth-order valence-corrected chi connectivity index (χ4v) is 9.19. The van der Waals surface area contributed by atoms with Crippen molar-refractivity contribution in [3.05, 3.63) is 12.2 Å². The van der Waals surface area contributed by atoms with Gasteiger partial charge in [0.05, 0.1) is 18.8 Å². The molecule has 3 atom stereocenters. The van der Waals surface area contributed by atoms with Crippen LogP contribution in [0.5, 0.6) is 0 Å². The first-order valence-electron chi connectivity index (χ1n) is 28.5. The highest BCUT2D eigenvalue weighted by molar-refractivity contribution is 5.80. The summed E-state index contributed by atoms with van der Waals surface area (Å²) in [6, 6.07) is -0.794. The van der Waals surface area contributed by atoms with E-state index in [9.17, 15) is 20.1 Å². The van der Waals surface area contributed by atoms with Crippen LogP contribution in [-0.2, 0) is 4.79 Å². The van der Waals surface area contributed by atoms with Crippen LogP contribution < -0.4 is 5.32 Å². The summed E-state index contributed by atoms with van der Waals surface area (Å²) < 4.78 is 0. The van der Waals surface area contributed by atoms with Gasteiger partial charge in [-0.1, -0.05) is 315 Å². The Balaban J connectivity index is 3.53. The smallest absolute Gasteiger partial charge is 0.249 e. The molecule has 5 nitrogen and oxygen atoms in total. The Labute approximate surface area is 389 Å². The van der Waals surface area contributed by atoms with E-state index in [4.69, 9.17) is 0 Å². The van der Waals surface area contributed by atoms with Crippen molar-refractivity contribution in [2.24, 2.45) is 0 Å².